The van der Waals surface area contributed by atoms with Crippen molar-refractivity contribution in [3.63, 3.8) is 0 Å². The average molecular weight is 782 g/mol. The minimum absolute atomic E-state index is 0.0178. The fourth-order valence-corrected chi connectivity index (χ4v) is 8.98. The van der Waals surface area contributed by atoms with Crippen molar-refractivity contribution in [2.45, 2.75) is 127 Å². The van der Waals surface area contributed by atoms with E-state index >= 15 is 0 Å². The molecule has 7 atom stereocenters. The van der Waals surface area contributed by atoms with Crippen molar-refractivity contribution < 1.29 is 41.8 Å². The minimum Gasteiger partial charge on any atom is -0.494 e. The maximum Gasteiger partial charge on any atom is 0.408 e. The molecule has 15 heteroatoms. The van der Waals surface area contributed by atoms with Crippen LogP contribution in [0.1, 0.15) is 93.4 Å². The number of nitrogens with zero attached hydrogens (tertiary/aromatic N) is 2. The van der Waals surface area contributed by atoms with Gasteiger partial charge >= 0.3 is 6.09 Å². The number of hydrogen-bond acceptors (Lipinski definition) is 10. The van der Waals surface area contributed by atoms with Crippen LogP contribution in [0.2, 0.25) is 0 Å². The standard InChI is InChI=1S/C40H55N5O9S/c1-8-52-28-13-14-30-26(20-28)15-18-41-34(30)53-29-21-31-33(46)43-40(36(48)44-55(50,51)39(7)16-17-39)22-27(40)12-10-9-11-24(2)19-25(3)32(35(47)45(31)23-29)42-37(49)54-38(4,5)6/h10,12-15,18,20,24-25,27,29,31-32H,8-9,11,16-17,19,21-23H2,1-7H3,(H,42,49)(H,43,46)(H,44,48). The molecule has 1 saturated heterocycles. The van der Waals surface area contributed by atoms with Gasteiger partial charge in [0.15, 0.2) is 0 Å². The minimum atomic E-state index is -4.00. The van der Waals surface area contributed by atoms with E-state index in [1.54, 1.807) is 33.9 Å². The van der Waals surface area contributed by atoms with Crippen molar-refractivity contribution in [2.75, 3.05) is 13.2 Å². The van der Waals surface area contributed by atoms with E-state index in [2.05, 4.69) is 27.3 Å². The highest BCUT2D eigenvalue weighted by Crippen LogP contribution is 2.47. The lowest BCUT2D eigenvalue weighted by Crippen LogP contribution is -2.59. The Morgan fingerprint density at radius 1 is 1.11 bits per heavy atom. The molecule has 2 saturated carbocycles. The number of carbonyl (C=O) groups is 4. The van der Waals surface area contributed by atoms with E-state index < -0.39 is 73.8 Å². The number of aromatic nitrogens is 1. The molecule has 2 aliphatic carbocycles. The van der Waals surface area contributed by atoms with Gasteiger partial charge in [-0.05, 0) is 115 Å². The number of carbonyl (C=O) groups excluding carboxylic acids is 4. The molecule has 3 fully saturated rings. The Kier molecular flexibility index (Phi) is 11.2. The summed E-state index contributed by atoms with van der Waals surface area (Å²) in [6, 6.07) is 5.21. The zero-order valence-electron chi connectivity index (χ0n) is 32.8. The lowest BCUT2D eigenvalue weighted by Gasteiger charge is -2.33. The summed E-state index contributed by atoms with van der Waals surface area (Å²) in [5, 5.41) is 7.26. The summed E-state index contributed by atoms with van der Waals surface area (Å²) in [5.74, 6) is -1.54. The van der Waals surface area contributed by atoms with Crippen LogP contribution in [0.5, 0.6) is 11.6 Å². The van der Waals surface area contributed by atoms with Crippen molar-refractivity contribution in [1.29, 1.82) is 0 Å². The number of nitrogens with one attached hydrogen (secondary N) is 3. The molecular formula is C40H55N5O9S. The van der Waals surface area contributed by atoms with Gasteiger partial charge in [0.05, 0.1) is 17.9 Å². The van der Waals surface area contributed by atoms with Gasteiger partial charge < -0.3 is 29.7 Å². The third kappa shape index (κ3) is 8.86. The summed E-state index contributed by atoms with van der Waals surface area (Å²) in [7, 11) is -4.00. The SMILES string of the molecule is CCOc1ccc2c(OC3CC4C(=O)NC5(C(=O)NS(=O)(=O)C6(C)CC6)CC5C=CCCC(C)CC(C)C(NC(=O)OC(C)(C)C)C(=O)N4C3)nccc2c1. The van der Waals surface area contributed by atoms with Crippen LogP contribution in [0.25, 0.3) is 10.8 Å². The molecule has 4 aliphatic rings. The second-order valence-electron chi connectivity index (χ2n) is 17.0. The number of ether oxygens (including phenoxy) is 3. The van der Waals surface area contributed by atoms with E-state index in [1.807, 2.05) is 50.3 Å². The number of rotatable bonds is 8. The van der Waals surface area contributed by atoms with Gasteiger partial charge in [-0.2, -0.15) is 0 Å². The molecule has 4 amide bonds. The maximum absolute atomic E-state index is 14.8. The Morgan fingerprint density at radius 2 is 1.85 bits per heavy atom. The van der Waals surface area contributed by atoms with Crippen molar-refractivity contribution in [3.8, 4) is 11.6 Å². The largest absolute Gasteiger partial charge is 0.494 e. The van der Waals surface area contributed by atoms with Crippen molar-refractivity contribution in [3.05, 3.63) is 42.6 Å². The molecule has 1 aromatic heterocycles. The molecule has 7 unspecified atom stereocenters. The van der Waals surface area contributed by atoms with Crippen LogP contribution < -0.4 is 24.8 Å². The van der Waals surface area contributed by atoms with Gasteiger partial charge in [-0.3, -0.25) is 19.1 Å². The molecule has 3 heterocycles. The van der Waals surface area contributed by atoms with Crippen LogP contribution in [0, 0.1) is 17.8 Å². The third-order valence-electron chi connectivity index (χ3n) is 11.2. The molecule has 3 N–H and O–H groups in total. The number of fused-ring (bicyclic) bond motifs is 3. The zero-order valence-corrected chi connectivity index (χ0v) is 33.7. The van der Waals surface area contributed by atoms with Crippen molar-refractivity contribution >= 4 is 44.6 Å². The van der Waals surface area contributed by atoms with E-state index in [4.69, 9.17) is 14.2 Å². The highest BCUT2D eigenvalue weighted by molar-refractivity contribution is 7.91. The quantitative estimate of drug-likeness (QED) is 0.316. The molecule has 1 aromatic carbocycles. The molecule has 14 nitrogen and oxygen atoms in total. The van der Waals surface area contributed by atoms with E-state index in [1.165, 1.54) is 4.90 Å². The van der Waals surface area contributed by atoms with E-state index in [-0.39, 0.29) is 31.2 Å². The average Bonchev–Trinajstić information content (AvgIpc) is 3.98. The van der Waals surface area contributed by atoms with Gasteiger partial charge in [0.1, 0.15) is 35.1 Å². The normalized spacial score (nSPS) is 29.5. The topological polar surface area (TPSA) is 182 Å². The van der Waals surface area contributed by atoms with Crippen LogP contribution in [0.3, 0.4) is 0 Å². The van der Waals surface area contributed by atoms with Crippen LogP contribution in [-0.2, 0) is 29.1 Å². The van der Waals surface area contributed by atoms with Crippen molar-refractivity contribution in [2.24, 2.45) is 17.8 Å². The Bertz CT molecular complexity index is 1960. The summed E-state index contributed by atoms with van der Waals surface area (Å²) in [5.41, 5.74) is -2.35. The molecule has 55 heavy (non-hydrogen) atoms. The molecule has 2 aromatic rings. The summed E-state index contributed by atoms with van der Waals surface area (Å²) >= 11 is 0. The molecule has 0 radical (unpaired) electrons. The second kappa shape index (κ2) is 15.3. The summed E-state index contributed by atoms with van der Waals surface area (Å²) < 4.78 is 45.3. The van der Waals surface area contributed by atoms with Gasteiger partial charge in [0.2, 0.25) is 27.7 Å². The third-order valence-corrected chi connectivity index (χ3v) is 13.4. The predicted octanol–water partition coefficient (Wildman–Crippen LogP) is 4.76. The number of amides is 4. The first-order valence-corrected chi connectivity index (χ1v) is 20.9. The summed E-state index contributed by atoms with van der Waals surface area (Å²) in [6.45, 7) is 13.2. The number of allylic oxidation sites excluding steroid dienone is 1. The van der Waals surface area contributed by atoms with Crippen LogP contribution in [0.4, 0.5) is 4.79 Å². The van der Waals surface area contributed by atoms with Crippen LogP contribution in [0.15, 0.2) is 42.6 Å². The Morgan fingerprint density at radius 3 is 2.55 bits per heavy atom. The first-order chi connectivity index (χ1) is 25.8. The first-order valence-electron chi connectivity index (χ1n) is 19.4. The molecule has 2 aliphatic heterocycles. The highest BCUT2D eigenvalue weighted by atomic mass is 32.2. The summed E-state index contributed by atoms with van der Waals surface area (Å²) in [4.78, 5) is 62.3. The Balaban J connectivity index is 1.34. The van der Waals surface area contributed by atoms with Gasteiger partial charge in [-0.25, -0.2) is 18.2 Å². The molecule has 300 valence electrons. The van der Waals surface area contributed by atoms with Gasteiger partial charge in [0.25, 0.3) is 5.91 Å². The number of alkyl carbamates (subject to hydrolysis) is 1. The van der Waals surface area contributed by atoms with E-state index in [9.17, 15) is 27.6 Å². The van der Waals surface area contributed by atoms with Crippen LogP contribution in [-0.4, -0.2) is 89.3 Å². The monoisotopic (exact) mass is 781 g/mol. The van der Waals surface area contributed by atoms with Gasteiger partial charge in [-0.15, -0.1) is 0 Å². The predicted molar refractivity (Wildman–Crippen MR) is 206 cm³/mol. The fourth-order valence-electron chi connectivity index (χ4n) is 7.67. The summed E-state index contributed by atoms with van der Waals surface area (Å²) in [6.07, 6.45) is 7.16. The first kappa shape index (κ1) is 40.3. The van der Waals surface area contributed by atoms with E-state index in [0.29, 0.717) is 49.3 Å². The lowest BCUT2D eigenvalue weighted by atomic mass is 9.88. The van der Waals surface area contributed by atoms with E-state index in [0.717, 1.165) is 11.8 Å². The second-order valence-corrected chi connectivity index (χ2v) is 19.2. The number of pyridine rings is 1. The fraction of sp³-hybridized carbons (Fsp3) is 0.625. The molecular weight excluding hydrogens is 727 g/mol. The lowest BCUT2D eigenvalue weighted by molar-refractivity contribution is -0.142. The molecule has 6 rings (SSSR count). The smallest absolute Gasteiger partial charge is 0.408 e. The highest BCUT2D eigenvalue weighted by Gasteiger charge is 2.63. The van der Waals surface area contributed by atoms with Crippen molar-refractivity contribution in [1.82, 2.24) is 25.2 Å². The Labute approximate surface area is 323 Å². The number of benzene rings is 1. The number of sulfonamides is 1. The zero-order chi connectivity index (χ0) is 39.9. The van der Waals surface area contributed by atoms with Crippen LogP contribution >= 0.6 is 0 Å². The molecule has 0 bridgehead atoms. The van der Waals surface area contributed by atoms with Gasteiger partial charge in [-0.1, -0.05) is 26.0 Å². The molecule has 0 spiro atoms. The Hall–Kier alpha value is -4.40. The van der Waals surface area contributed by atoms with Gasteiger partial charge in [0, 0.05) is 23.9 Å². The maximum atomic E-state index is 14.8. The number of hydrogen-bond donors (Lipinski definition) is 3.